The lowest BCUT2D eigenvalue weighted by Gasteiger charge is -2.36. The van der Waals surface area contributed by atoms with Gasteiger partial charge in [0, 0.05) is 39.6 Å². The van der Waals surface area contributed by atoms with E-state index in [2.05, 4.69) is 16.8 Å². The molecule has 0 aromatic rings. The van der Waals surface area contributed by atoms with Gasteiger partial charge in [0.25, 0.3) is 0 Å². The van der Waals surface area contributed by atoms with Gasteiger partial charge in [0.15, 0.2) is 0 Å². The van der Waals surface area contributed by atoms with Crippen LogP contribution in [0.3, 0.4) is 0 Å². The second kappa shape index (κ2) is 8.01. The van der Waals surface area contributed by atoms with E-state index in [1.165, 1.54) is 6.92 Å². The average Bonchev–Trinajstić information content (AvgIpc) is 2.37. The maximum absolute atomic E-state index is 12.3. The van der Waals surface area contributed by atoms with Gasteiger partial charge in [-0.1, -0.05) is 6.08 Å². The Bertz CT molecular complexity index is 350. The standard InChI is InChI=1S/C14H25N3O3/c1-4-5-13(15-12(3)19)14(20)17-8-6-16(7-9-17)10-11(2)18/h4,11,13,18H,1,5-10H2,2-3H3,(H,15,19)/t11-,13-/m1/s1. The number of β-amino-alcohol motifs (C(OH)–C–C–N with tert-alkyl or cyclic N) is 1. The van der Waals surface area contributed by atoms with Crippen molar-refractivity contribution in [2.45, 2.75) is 32.4 Å². The minimum absolute atomic E-state index is 0.0585. The van der Waals surface area contributed by atoms with Gasteiger partial charge in [0.05, 0.1) is 6.10 Å². The van der Waals surface area contributed by atoms with Gasteiger partial charge >= 0.3 is 0 Å². The summed E-state index contributed by atoms with van der Waals surface area (Å²) in [6.45, 7) is 10.2. The zero-order valence-electron chi connectivity index (χ0n) is 12.3. The normalized spacial score (nSPS) is 19.2. The van der Waals surface area contributed by atoms with E-state index in [1.54, 1.807) is 17.9 Å². The Hall–Kier alpha value is -1.40. The molecule has 0 radical (unpaired) electrons. The third-order valence-electron chi connectivity index (χ3n) is 3.28. The predicted octanol–water partition coefficient (Wildman–Crippen LogP) is -0.408. The number of hydrogen-bond acceptors (Lipinski definition) is 4. The Balaban J connectivity index is 2.51. The van der Waals surface area contributed by atoms with Crippen LogP contribution in [-0.2, 0) is 9.59 Å². The highest BCUT2D eigenvalue weighted by atomic mass is 16.3. The van der Waals surface area contributed by atoms with Crippen LogP contribution in [0.5, 0.6) is 0 Å². The largest absolute Gasteiger partial charge is 0.392 e. The van der Waals surface area contributed by atoms with Crippen LogP contribution in [0.2, 0.25) is 0 Å². The summed E-state index contributed by atoms with van der Waals surface area (Å²) >= 11 is 0. The molecule has 0 aromatic heterocycles. The minimum Gasteiger partial charge on any atom is -0.392 e. The maximum Gasteiger partial charge on any atom is 0.245 e. The molecule has 114 valence electrons. The first-order chi connectivity index (χ1) is 9.43. The fraction of sp³-hybridized carbons (Fsp3) is 0.714. The van der Waals surface area contributed by atoms with Crippen molar-refractivity contribution >= 4 is 11.8 Å². The number of piperazine rings is 1. The van der Waals surface area contributed by atoms with E-state index in [4.69, 9.17) is 0 Å². The first-order valence-corrected chi connectivity index (χ1v) is 7.01. The molecule has 2 atom stereocenters. The molecular formula is C14H25N3O3. The molecule has 0 aliphatic carbocycles. The molecule has 2 amide bonds. The van der Waals surface area contributed by atoms with Crippen LogP contribution >= 0.6 is 0 Å². The zero-order chi connectivity index (χ0) is 15.1. The fourth-order valence-electron chi connectivity index (χ4n) is 2.38. The number of carbonyl (C=O) groups is 2. The minimum atomic E-state index is -0.520. The number of hydrogen-bond donors (Lipinski definition) is 2. The van der Waals surface area contributed by atoms with E-state index >= 15 is 0 Å². The quantitative estimate of drug-likeness (QED) is 0.650. The van der Waals surface area contributed by atoms with Crippen LogP contribution in [0.15, 0.2) is 12.7 Å². The Morgan fingerprint density at radius 3 is 2.40 bits per heavy atom. The van der Waals surface area contributed by atoms with Crippen LogP contribution in [0.25, 0.3) is 0 Å². The molecule has 1 saturated heterocycles. The summed E-state index contributed by atoms with van der Waals surface area (Å²) in [6, 6.07) is -0.520. The monoisotopic (exact) mass is 283 g/mol. The molecule has 0 saturated carbocycles. The number of carbonyl (C=O) groups excluding carboxylic acids is 2. The number of nitrogens with one attached hydrogen (secondary N) is 1. The lowest BCUT2D eigenvalue weighted by molar-refractivity contribution is -0.137. The first-order valence-electron chi connectivity index (χ1n) is 7.01. The number of aliphatic hydroxyl groups is 1. The summed E-state index contributed by atoms with van der Waals surface area (Å²) in [5.74, 6) is -0.269. The van der Waals surface area contributed by atoms with E-state index in [-0.39, 0.29) is 17.9 Å². The van der Waals surface area contributed by atoms with E-state index in [9.17, 15) is 14.7 Å². The highest BCUT2D eigenvalue weighted by molar-refractivity contribution is 5.87. The number of nitrogens with zero attached hydrogens (tertiary/aromatic N) is 2. The third kappa shape index (κ3) is 5.30. The molecule has 1 heterocycles. The Kier molecular flexibility index (Phi) is 6.67. The van der Waals surface area contributed by atoms with Gasteiger partial charge in [-0.3, -0.25) is 14.5 Å². The van der Waals surface area contributed by atoms with Gasteiger partial charge in [-0.2, -0.15) is 0 Å². The molecule has 0 aromatic carbocycles. The van der Waals surface area contributed by atoms with Gasteiger partial charge < -0.3 is 15.3 Å². The van der Waals surface area contributed by atoms with Crippen molar-refractivity contribution in [1.29, 1.82) is 0 Å². The smallest absolute Gasteiger partial charge is 0.245 e. The van der Waals surface area contributed by atoms with Crippen LogP contribution in [0, 0.1) is 0 Å². The molecule has 1 aliphatic rings. The molecule has 1 aliphatic heterocycles. The maximum atomic E-state index is 12.3. The zero-order valence-corrected chi connectivity index (χ0v) is 12.3. The summed E-state index contributed by atoms with van der Waals surface area (Å²) < 4.78 is 0. The van der Waals surface area contributed by atoms with Crippen molar-refractivity contribution in [3.05, 3.63) is 12.7 Å². The average molecular weight is 283 g/mol. The van der Waals surface area contributed by atoms with Crippen LogP contribution in [0.4, 0.5) is 0 Å². The molecule has 20 heavy (non-hydrogen) atoms. The first kappa shape index (κ1) is 16.7. The van der Waals surface area contributed by atoms with Crippen molar-refractivity contribution in [1.82, 2.24) is 15.1 Å². The molecule has 1 rings (SSSR count). The second-order valence-electron chi connectivity index (χ2n) is 5.25. The molecule has 1 fully saturated rings. The molecule has 0 spiro atoms. The molecule has 6 heteroatoms. The number of aliphatic hydroxyl groups excluding tert-OH is 1. The molecular weight excluding hydrogens is 258 g/mol. The van der Waals surface area contributed by atoms with Gasteiger partial charge in [-0.25, -0.2) is 0 Å². The molecule has 2 N–H and O–H groups in total. The number of amides is 2. The van der Waals surface area contributed by atoms with Crippen LogP contribution < -0.4 is 5.32 Å². The molecule has 0 bridgehead atoms. The highest BCUT2D eigenvalue weighted by Gasteiger charge is 2.27. The van der Waals surface area contributed by atoms with Crippen LogP contribution in [-0.4, -0.2) is 71.6 Å². The summed E-state index contributed by atoms with van der Waals surface area (Å²) in [7, 11) is 0. The van der Waals surface area contributed by atoms with Crippen molar-refractivity contribution < 1.29 is 14.7 Å². The summed E-state index contributed by atoms with van der Waals surface area (Å²) in [4.78, 5) is 27.4. The SMILES string of the molecule is C=CC[C@@H](NC(C)=O)C(=O)N1CCN(C[C@@H](C)O)CC1. The van der Waals surface area contributed by atoms with Gasteiger partial charge in [-0.05, 0) is 13.3 Å². The van der Waals surface area contributed by atoms with E-state index in [1.807, 2.05) is 0 Å². The summed E-state index contributed by atoms with van der Waals surface area (Å²) in [5.41, 5.74) is 0. The van der Waals surface area contributed by atoms with Crippen molar-refractivity contribution in [3.8, 4) is 0 Å². The van der Waals surface area contributed by atoms with E-state index < -0.39 is 6.04 Å². The van der Waals surface area contributed by atoms with Gasteiger partial charge in [0.2, 0.25) is 11.8 Å². The van der Waals surface area contributed by atoms with Crippen molar-refractivity contribution in [2.24, 2.45) is 0 Å². The predicted molar refractivity (Wildman–Crippen MR) is 77.1 cm³/mol. The topological polar surface area (TPSA) is 72.9 Å². The third-order valence-corrected chi connectivity index (χ3v) is 3.28. The lowest BCUT2D eigenvalue weighted by atomic mass is 10.1. The Morgan fingerprint density at radius 2 is 1.95 bits per heavy atom. The fourth-order valence-corrected chi connectivity index (χ4v) is 2.38. The van der Waals surface area contributed by atoms with Gasteiger partial charge in [-0.15, -0.1) is 6.58 Å². The Labute approximate surface area is 120 Å². The second-order valence-corrected chi connectivity index (χ2v) is 5.25. The lowest BCUT2D eigenvalue weighted by Crippen LogP contribution is -2.55. The molecule has 6 nitrogen and oxygen atoms in total. The molecule has 0 unspecified atom stereocenters. The van der Waals surface area contributed by atoms with E-state index in [0.717, 1.165) is 13.1 Å². The van der Waals surface area contributed by atoms with Crippen molar-refractivity contribution in [3.63, 3.8) is 0 Å². The van der Waals surface area contributed by atoms with Crippen LogP contribution in [0.1, 0.15) is 20.3 Å². The van der Waals surface area contributed by atoms with E-state index in [0.29, 0.717) is 26.1 Å². The summed E-state index contributed by atoms with van der Waals surface area (Å²) in [5, 5.41) is 12.0. The summed E-state index contributed by atoms with van der Waals surface area (Å²) in [6.07, 6.45) is 1.72. The number of rotatable bonds is 6. The Morgan fingerprint density at radius 1 is 1.35 bits per heavy atom. The van der Waals surface area contributed by atoms with Crippen molar-refractivity contribution in [2.75, 3.05) is 32.7 Å². The van der Waals surface area contributed by atoms with Gasteiger partial charge in [0.1, 0.15) is 6.04 Å². The highest BCUT2D eigenvalue weighted by Crippen LogP contribution is 2.07.